The molecule has 1 aromatic heterocycles. The SMILES string of the molecule is CC1CCN(S(=O)(=O)c2cn(CC(=O)N3CC=C(c4ccccc4)CC3)cn2)CC1. The molecule has 0 radical (unpaired) electrons. The number of nitrogens with zero attached hydrogens (tertiary/aromatic N) is 4. The molecule has 1 saturated heterocycles. The second kappa shape index (κ2) is 8.73. The molecule has 0 N–H and O–H groups in total. The van der Waals surface area contributed by atoms with Gasteiger partial charge in [0.2, 0.25) is 5.91 Å². The molecule has 2 aliphatic rings. The molecule has 4 rings (SSSR count). The van der Waals surface area contributed by atoms with Crippen molar-refractivity contribution in [2.24, 2.45) is 5.92 Å². The molecule has 1 fully saturated rings. The quantitative estimate of drug-likeness (QED) is 0.734. The van der Waals surface area contributed by atoms with Crippen LogP contribution in [0.15, 0.2) is 54.0 Å². The van der Waals surface area contributed by atoms with Crippen LogP contribution in [0.2, 0.25) is 0 Å². The summed E-state index contributed by atoms with van der Waals surface area (Å²) >= 11 is 0. The number of benzene rings is 1. The molecular weight excluding hydrogens is 400 g/mol. The van der Waals surface area contributed by atoms with Gasteiger partial charge in [0, 0.05) is 32.4 Å². The van der Waals surface area contributed by atoms with E-state index in [1.54, 1.807) is 9.47 Å². The minimum atomic E-state index is -3.60. The van der Waals surface area contributed by atoms with E-state index in [4.69, 9.17) is 0 Å². The Labute approximate surface area is 178 Å². The van der Waals surface area contributed by atoms with Crippen LogP contribution in [0.3, 0.4) is 0 Å². The summed E-state index contributed by atoms with van der Waals surface area (Å²) in [7, 11) is -3.60. The molecular formula is C22H28N4O3S. The number of hydrogen-bond donors (Lipinski definition) is 0. The van der Waals surface area contributed by atoms with Crippen molar-refractivity contribution < 1.29 is 13.2 Å². The zero-order valence-corrected chi connectivity index (χ0v) is 18.1. The van der Waals surface area contributed by atoms with Crippen LogP contribution in [0.4, 0.5) is 0 Å². The number of sulfonamides is 1. The fourth-order valence-electron chi connectivity index (χ4n) is 3.98. The first kappa shape index (κ1) is 20.8. The zero-order chi connectivity index (χ0) is 21.1. The number of rotatable bonds is 5. The fraction of sp³-hybridized carbons (Fsp3) is 0.455. The van der Waals surface area contributed by atoms with E-state index in [1.807, 2.05) is 18.2 Å². The largest absolute Gasteiger partial charge is 0.337 e. The maximum Gasteiger partial charge on any atom is 0.262 e. The molecule has 1 amide bonds. The molecule has 30 heavy (non-hydrogen) atoms. The first-order valence-electron chi connectivity index (χ1n) is 10.5. The summed E-state index contributed by atoms with van der Waals surface area (Å²) in [6.45, 7) is 4.51. The Balaban J connectivity index is 1.37. The van der Waals surface area contributed by atoms with Crippen molar-refractivity contribution in [3.05, 3.63) is 54.5 Å². The summed E-state index contributed by atoms with van der Waals surface area (Å²) < 4.78 is 28.7. The van der Waals surface area contributed by atoms with Crippen LogP contribution >= 0.6 is 0 Å². The molecule has 1 aromatic carbocycles. The second-order valence-corrected chi connectivity index (χ2v) is 10.0. The molecule has 0 atom stereocenters. The van der Waals surface area contributed by atoms with Gasteiger partial charge in [0.15, 0.2) is 5.03 Å². The summed E-state index contributed by atoms with van der Waals surface area (Å²) in [6.07, 6.45) is 7.55. The minimum absolute atomic E-state index is 0.0229. The Morgan fingerprint density at radius 3 is 2.53 bits per heavy atom. The number of imidazole rings is 1. The van der Waals surface area contributed by atoms with Crippen molar-refractivity contribution in [2.45, 2.75) is 37.8 Å². The van der Waals surface area contributed by atoms with Crippen molar-refractivity contribution in [1.82, 2.24) is 18.8 Å². The molecule has 7 nitrogen and oxygen atoms in total. The zero-order valence-electron chi connectivity index (χ0n) is 17.3. The lowest BCUT2D eigenvalue weighted by Gasteiger charge is -2.28. The molecule has 0 unspecified atom stereocenters. The van der Waals surface area contributed by atoms with Crippen LogP contribution in [0, 0.1) is 5.92 Å². The van der Waals surface area contributed by atoms with Crippen LogP contribution < -0.4 is 0 Å². The van der Waals surface area contributed by atoms with E-state index < -0.39 is 10.0 Å². The monoisotopic (exact) mass is 428 g/mol. The van der Waals surface area contributed by atoms with Crippen LogP contribution in [0.25, 0.3) is 5.57 Å². The van der Waals surface area contributed by atoms with Gasteiger partial charge in [0.25, 0.3) is 10.0 Å². The normalized spacial score (nSPS) is 19.0. The van der Waals surface area contributed by atoms with Crippen molar-refractivity contribution in [2.75, 3.05) is 26.2 Å². The molecule has 0 spiro atoms. The average molecular weight is 429 g/mol. The van der Waals surface area contributed by atoms with Crippen LogP contribution in [0.1, 0.15) is 31.7 Å². The Bertz CT molecular complexity index is 1020. The van der Waals surface area contributed by atoms with Gasteiger partial charge < -0.3 is 9.47 Å². The maximum absolute atomic E-state index is 12.8. The lowest BCUT2D eigenvalue weighted by Crippen LogP contribution is -2.38. The third kappa shape index (κ3) is 4.49. The summed E-state index contributed by atoms with van der Waals surface area (Å²) in [4.78, 5) is 18.6. The number of aromatic nitrogens is 2. The van der Waals surface area contributed by atoms with Crippen molar-refractivity contribution in [3.63, 3.8) is 0 Å². The van der Waals surface area contributed by atoms with Gasteiger partial charge >= 0.3 is 0 Å². The van der Waals surface area contributed by atoms with E-state index in [0.717, 1.165) is 19.3 Å². The van der Waals surface area contributed by atoms with Gasteiger partial charge in [-0.05, 0) is 36.3 Å². The predicted octanol–water partition coefficient (Wildman–Crippen LogP) is 2.62. The minimum Gasteiger partial charge on any atom is -0.337 e. The lowest BCUT2D eigenvalue weighted by molar-refractivity contribution is -0.131. The van der Waals surface area contributed by atoms with Crippen molar-refractivity contribution in [3.8, 4) is 0 Å². The Hall–Kier alpha value is -2.45. The summed E-state index contributed by atoms with van der Waals surface area (Å²) in [5, 5.41) is 0.0229. The van der Waals surface area contributed by atoms with Crippen LogP contribution in [0.5, 0.6) is 0 Å². The third-order valence-corrected chi connectivity index (χ3v) is 7.76. The highest BCUT2D eigenvalue weighted by Crippen LogP contribution is 2.23. The summed E-state index contributed by atoms with van der Waals surface area (Å²) in [6, 6.07) is 10.2. The second-order valence-electron chi connectivity index (χ2n) is 8.16. The fourth-order valence-corrected chi connectivity index (χ4v) is 5.39. The number of amides is 1. The van der Waals surface area contributed by atoms with E-state index in [1.165, 1.54) is 28.0 Å². The van der Waals surface area contributed by atoms with E-state index in [9.17, 15) is 13.2 Å². The molecule has 0 saturated carbocycles. The van der Waals surface area contributed by atoms with Crippen LogP contribution in [-0.4, -0.2) is 59.3 Å². The molecule has 0 bridgehead atoms. The van der Waals surface area contributed by atoms with Gasteiger partial charge in [-0.15, -0.1) is 0 Å². The Morgan fingerprint density at radius 2 is 1.87 bits per heavy atom. The van der Waals surface area contributed by atoms with Crippen LogP contribution in [-0.2, 0) is 21.4 Å². The first-order valence-corrected chi connectivity index (χ1v) is 11.9. The Morgan fingerprint density at radius 1 is 1.13 bits per heavy atom. The van der Waals surface area contributed by atoms with Gasteiger partial charge in [-0.25, -0.2) is 13.4 Å². The summed E-state index contributed by atoms with van der Waals surface area (Å²) in [5.41, 5.74) is 2.45. The number of hydrogen-bond acceptors (Lipinski definition) is 4. The molecule has 3 heterocycles. The molecule has 2 aliphatic heterocycles. The third-order valence-electron chi connectivity index (χ3n) is 5.98. The number of carbonyl (C=O) groups is 1. The number of carbonyl (C=O) groups excluding carboxylic acids is 1. The van der Waals surface area contributed by atoms with E-state index >= 15 is 0 Å². The lowest BCUT2D eigenvalue weighted by atomic mass is 9.99. The maximum atomic E-state index is 12.8. The van der Waals surface area contributed by atoms with E-state index in [-0.39, 0.29) is 17.5 Å². The van der Waals surface area contributed by atoms with Gasteiger partial charge in [-0.1, -0.05) is 43.3 Å². The molecule has 2 aromatic rings. The van der Waals surface area contributed by atoms with Gasteiger partial charge in [0.05, 0.1) is 6.33 Å². The van der Waals surface area contributed by atoms with Gasteiger partial charge in [-0.2, -0.15) is 4.31 Å². The average Bonchev–Trinajstić information content (AvgIpc) is 3.24. The molecule has 8 heteroatoms. The molecule has 0 aliphatic carbocycles. The first-order chi connectivity index (χ1) is 14.4. The van der Waals surface area contributed by atoms with Gasteiger partial charge in [0.1, 0.15) is 6.54 Å². The Kier molecular flexibility index (Phi) is 6.06. The highest BCUT2D eigenvalue weighted by Gasteiger charge is 2.30. The standard InChI is InChI=1S/C22H28N4O3S/c1-18-7-13-26(14-8-18)30(28,29)21-15-24(17-23-21)16-22(27)25-11-9-20(10-12-25)19-5-3-2-4-6-19/h2-6,9,15,17-18H,7-8,10-14,16H2,1H3. The van der Waals surface area contributed by atoms with Gasteiger partial charge in [-0.3, -0.25) is 4.79 Å². The smallest absolute Gasteiger partial charge is 0.262 e. The van der Waals surface area contributed by atoms with E-state index in [0.29, 0.717) is 32.1 Å². The number of piperidine rings is 1. The van der Waals surface area contributed by atoms with Crippen molar-refractivity contribution >= 4 is 21.5 Å². The van der Waals surface area contributed by atoms with E-state index in [2.05, 4.69) is 30.1 Å². The molecule has 160 valence electrons. The highest BCUT2D eigenvalue weighted by atomic mass is 32.2. The summed E-state index contributed by atoms with van der Waals surface area (Å²) in [5.74, 6) is 0.513. The predicted molar refractivity (Wildman–Crippen MR) is 115 cm³/mol. The topological polar surface area (TPSA) is 75.5 Å². The van der Waals surface area contributed by atoms with Crippen molar-refractivity contribution in [1.29, 1.82) is 0 Å². The highest BCUT2D eigenvalue weighted by molar-refractivity contribution is 7.89.